The molecule has 5 aliphatic rings. The molecule has 8 nitrogen and oxygen atoms in total. The highest BCUT2D eigenvalue weighted by Crippen LogP contribution is 2.69. The lowest BCUT2D eigenvalue weighted by molar-refractivity contribution is -0.173. The molecule has 2 fully saturated rings. The van der Waals surface area contributed by atoms with Crippen molar-refractivity contribution in [3.05, 3.63) is 58.3 Å². The first-order valence-electron chi connectivity index (χ1n) is 17.6. The normalized spacial score (nSPS) is 28.1. The lowest BCUT2D eigenvalue weighted by atomic mass is 9.49. The molecular weight excluding hydrogens is 562 g/mol. The van der Waals surface area contributed by atoms with Crippen molar-refractivity contribution in [1.29, 1.82) is 0 Å². The SMILES string of the molecule is CCCCN=C(NCCCC)NCCc1ccc2[nH]c3c(c2c1)C[C@@]1(O)[C@H]2Cc4ccc(O)c5c4[C@@]1(CCN2CC1CC1)[C@H]3O5. The minimum atomic E-state index is -0.968. The molecule has 45 heavy (non-hydrogen) atoms. The van der Waals surface area contributed by atoms with E-state index in [-0.39, 0.29) is 17.9 Å². The Morgan fingerprint density at radius 1 is 1.11 bits per heavy atom. The van der Waals surface area contributed by atoms with Crippen molar-refractivity contribution >= 4 is 16.9 Å². The smallest absolute Gasteiger partial charge is 0.191 e. The highest BCUT2D eigenvalue weighted by molar-refractivity contribution is 5.87. The van der Waals surface area contributed by atoms with E-state index >= 15 is 0 Å². The molecular formula is C37H49N5O3. The van der Waals surface area contributed by atoms with Crippen LogP contribution in [0.15, 0.2) is 35.3 Å². The van der Waals surface area contributed by atoms with Gasteiger partial charge in [-0.15, -0.1) is 0 Å². The fourth-order valence-corrected chi connectivity index (χ4v) is 9.06. The molecule has 8 heteroatoms. The zero-order chi connectivity index (χ0) is 30.8. The monoisotopic (exact) mass is 611 g/mol. The number of aromatic hydroxyl groups is 1. The second kappa shape index (κ2) is 11.2. The summed E-state index contributed by atoms with van der Waals surface area (Å²) >= 11 is 0. The molecule has 0 amide bonds. The number of hydrogen-bond acceptors (Lipinski definition) is 5. The van der Waals surface area contributed by atoms with Crippen LogP contribution in [0.5, 0.6) is 11.5 Å². The Bertz CT molecular complexity index is 1630. The van der Waals surface area contributed by atoms with E-state index < -0.39 is 11.0 Å². The number of aromatic amines is 1. The number of H-pyrrole nitrogens is 1. The van der Waals surface area contributed by atoms with Gasteiger partial charge >= 0.3 is 0 Å². The van der Waals surface area contributed by atoms with Gasteiger partial charge in [-0.2, -0.15) is 0 Å². The lowest BCUT2D eigenvalue weighted by Gasteiger charge is -2.62. The number of aliphatic imine (C=N–C) groups is 1. The molecule has 0 unspecified atom stereocenters. The van der Waals surface area contributed by atoms with Crippen LogP contribution in [-0.2, 0) is 24.7 Å². The summed E-state index contributed by atoms with van der Waals surface area (Å²) in [6, 6.07) is 10.6. The van der Waals surface area contributed by atoms with Crippen LogP contribution in [0.1, 0.15) is 92.8 Å². The molecule has 3 aromatic rings. The Labute approximate surface area is 266 Å². The Morgan fingerprint density at radius 3 is 2.78 bits per heavy atom. The number of unbranched alkanes of at least 4 members (excludes halogenated alkanes) is 2. The number of nitrogens with zero attached hydrogens (tertiary/aromatic N) is 2. The van der Waals surface area contributed by atoms with Crippen LogP contribution in [0.25, 0.3) is 10.9 Å². The number of aromatic nitrogens is 1. The summed E-state index contributed by atoms with van der Waals surface area (Å²) in [7, 11) is 0. The van der Waals surface area contributed by atoms with Crippen molar-refractivity contribution in [2.24, 2.45) is 10.9 Å². The predicted molar refractivity (Wildman–Crippen MR) is 178 cm³/mol. The third kappa shape index (κ3) is 4.57. The molecule has 3 aliphatic carbocycles. The zero-order valence-electron chi connectivity index (χ0n) is 26.9. The highest BCUT2D eigenvalue weighted by Gasteiger charge is 2.72. The van der Waals surface area contributed by atoms with Crippen LogP contribution in [0.3, 0.4) is 0 Å². The van der Waals surface area contributed by atoms with Crippen LogP contribution in [-0.4, -0.2) is 70.4 Å². The molecule has 4 atom stereocenters. The molecule has 0 radical (unpaired) electrons. The molecule has 1 spiro atoms. The van der Waals surface area contributed by atoms with Gasteiger partial charge in [-0.3, -0.25) is 9.89 Å². The minimum Gasteiger partial charge on any atom is -0.504 e. The number of phenolic OH excluding ortho intramolecular Hbond substituents is 1. The first-order valence-corrected chi connectivity index (χ1v) is 17.6. The number of phenols is 1. The number of rotatable bonds is 11. The summed E-state index contributed by atoms with van der Waals surface area (Å²) in [5.74, 6) is 2.45. The minimum absolute atomic E-state index is 0.0389. The zero-order valence-corrected chi connectivity index (χ0v) is 26.9. The van der Waals surface area contributed by atoms with E-state index in [1.54, 1.807) is 6.07 Å². The molecule has 1 aromatic heterocycles. The molecule has 5 N–H and O–H groups in total. The Balaban J connectivity index is 1.11. The lowest BCUT2D eigenvalue weighted by Crippen LogP contribution is -2.74. The molecule has 1 saturated heterocycles. The number of hydrogen-bond donors (Lipinski definition) is 5. The average molecular weight is 612 g/mol. The van der Waals surface area contributed by atoms with Crippen molar-refractivity contribution in [1.82, 2.24) is 20.5 Å². The average Bonchev–Trinajstić information content (AvgIpc) is 3.68. The third-order valence-electron chi connectivity index (χ3n) is 11.5. The van der Waals surface area contributed by atoms with Gasteiger partial charge in [-0.1, -0.05) is 38.8 Å². The van der Waals surface area contributed by atoms with Gasteiger partial charge in [0.25, 0.3) is 0 Å². The Kier molecular flexibility index (Phi) is 7.29. The maximum absolute atomic E-state index is 13.1. The summed E-state index contributed by atoms with van der Waals surface area (Å²) in [4.78, 5) is 11.1. The van der Waals surface area contributed by atoms with Gasteiger partial charge in [0.2, 0.25) is 0 Å². The van der Waals surface area contributed by atoms with Crippen LogP contribution in [0.4, 0.5) is 0 Å². The number of guanidine groups is 1. The van der Waals surface area contributed by atoms with Gasteiger partial charge in [0.1, 0.15) is 0 Å². The first-order chi connectivity index (χ1) is 22.0. The maximum Gasteiger partial charge on any atom is 0.191 e. The number of aliphatic hydroxyl groups is 1. The number of benzene rings is 2. The van der Waals surface area contributed by atoms with Crippen molar-refractivity contribution in [3.8, 4) is 11.5 Å². The predicted octanol–water partition coefficient (Wildman–Crippen LogP) is 5.25. The number of nitrogens with one attached hydrogen (secondary N) is 3. The number of ether oxygens (including phenoxy) is 1. The Hall–Kier alpha value is -3.23. The second-order valence-corrected chi connectivity index (χ2v) is 14.4. The van der Waals surface area contributed by atoms with Gasteiger partial charge in [0.15, 0.2) is 23.6 Å². The summed E-state index contributed by atoms with van der Waals surface area (Å²) in [5.41, 5.74) is 5.39. The molecule has 1 saturated carbocycles. The largest absolute Gasteiger partial charge is 0.504 e. The molecule has 3 heterocycles. The summed E-state index contributed by atoms with van der Waals surface area (Å²) in [6.45, 7) is 9.02. The Morgan fingerprint density at radius 2 is 1.96 bits per heavy atom. The molecule has 8 rings (SSSR count). The fraction of sp³-hybridized carbons (Fsp3) is 0.595. The van der Waals surface area contributed by atoms with Crippen molar-refractivity contribution < 1.29 is 14.9 Å². The van der Waals surface area contributed by atoms with Gasteiger partial charge in [-0.05, 0) is 92.3 Å². The van der Waals surface area contributed by atoms with Gasteiger partial charge in [0.05, 0.1) is 16.7 Å². The van der Waals surface area contributed by atoms with Gasteiger partial charge in [0, 0.05) is 55.1 Å². The quantitative estimate of drug-likeness (QED) is 0.115. The standard InChI is InChI=1S/C37H49N5O3/c1-3-5-15-38-35(39-16-6-4-2)40-17-13-23-9-11-28-26(19-23)27-21-37(44)30-20-25-10-12-29(43)33-31(25)36(37,34(45-33)32(27)41-28)14-18-42(30)22-24-7-8-24/h9-12,19,24,30,34,41,43-44H,3-8,13-18,20-22H2,1-2H3,(H2,38,39,40)/t30-,34+,36+,37-/m1/s1. The topological polar surface area (TPSA) is 105 Å². The van der Waals surface area contributed by atoms with Crippen LogP contribution >= 0.6 is 0 Å². The van der Waals surface area contributed by atoms with E-state index in [1.807, 2.05) is 0 Å². The highest BCUT2D eigenvalue weighted by atomic mass is 16.5. The van der Waals surface area contributed by atoms with Crippen molar-refractivity contribution in [2.75, 3.05) is 32.7 Å². The number of fused-ring (bicyclic) bond motifs is 4. The van der Waals surface area contributed by atoms with E-state index in [1.165, 1.54) is 34.9 Å². The second-order valence-electron chi connectivity index (χ2n) is 14.4. The molecule has 2 bridgehead atoms. The maximum atomic E-state index is 13.1. The molecule has 240 valence electrons. The summed E-state index contributed by atoms with van der Waals surface area (Å²) in [5, 5.41) is 32.4. The molecule has 2 aliphatic heterocycles. The van der Waals surface area contributed by atoms with Gasteiger partial charge < -0.3 is 30.6 Å². The first kappa shape index (κ1) is 29.2. The van der Waals surface area contributed by atoms with E-state index in [0.717, 1.165) is 106 Å². The number of piperidine rings is 1. The van der Waals surface area contributed by atoms with Crippen LogP contribution in [0, 0.1) is 5.92 Å². The van der Waals surface area contributed by atoms with Crippen molar-refractivity contribution in [3.63, 3.8) is 0 Å². The van der Waals surface area contributed by atoms with Crippen LogP contribution < -0.4 is 15.4 Å². The summed E-state index contributed by atoms with van der Waals surface area (Å²) in [6.07, 6.45) is 9.91. The van der Waals surface area contributed by atoms with E-state index in [9.17, 15) is 10.2 Å². The summed E-state index contributed by atoms with van der Waals surface area (Å²) < 4.78 is 6.77. The number of likely N-dealkylation sites (tertiary alicyclic amines) is 1. The van der Waals surface area contributed by atoms with Crippen molar-refractivity contribution in [2.45, 2.75) is 101 Å². The van der Waals surface area contributed by atoms with E-state index in [2.05, 4.69) is 58.6 Å². The fourth-order valence-electron chi connectivity index (χ4n) is 9.06. The van der Waals surface area contributed by atoms with Gasteiger partial charge in [-0.25, -0.2) is 0 Å². The van der Waals surface area contributed by atoms with Crippen LogP contribution in [0.2, 0.25) is 0 Å². The van der Waals surface area contributed by atoms with E-state index in [4.69, 9.17) is 9.73 Å². The molecule has 2 aromatic carbocycles. The third-order valence-corrected chi connectivity index (χ3v) is 11.5. The van der Waals surface area contributed by atoms with E-state index in [0.29, 0.717) is 12.2 Å².